The fourth-order valence-electron chi connectivity index (χ4n) is 7.55. The Balaban J connectivity index is 2.30. The van der Waals surface area contributed by atoms with Crippen molar-refractivity contribution in [3.8, 4) is 0 Å². The van der Waals surface area contributed by atoms with E-state index in [2.05, 4.69) is 10.6 Å². The highest BCUT2D eigenvalue weighted by Gasteiger charge is 2.44. The van der Waals surface area contributed by atoms with E-state index in [1.807, 2.05) is 32.0 Å². The molecule has 0 saturated carbocycles. The molecule has 324 valence electrons. The lowest BCUT2D eigenvalue weighted by Crippen LogP contribution is -2.62. The summed E-state index contributed by atoms with van der Waals surface area (Å²) in [4.78, 5) is 106. The molecule has 14 heteroatoms. The van der Waals surface area contributed by atoms with Crippen molar-refractivity contribution in [1.29, 1.82) is 0 Å². The van der Waals surface area contributed by atoms with Crippen LogP contribution in [-0.2, 0) is 39.9 Å². The van der Waals surface area contributed by atoms with Gasteiger partial charge >= 0.3 is 5.97 Å². The van der Waals surface area contributed by atoms with Crippen molar-refractivity contribution in [2.75, 3.05) is 28.2 Å². The third kappa shape index (κ3) is 11.9. The topological polar surface area (TPSA) is 166 Å². The van der Waals surface area contributed by atoms with E-state index in [-0.39, 0.29) is 24.3 Å². The largest absolute Gasteiger partial charge is 0.458 e. The fraction of sp³-hybridized carbons (Fsp3) is 0.578. The van der Waals surface area contributed by atoms with Gasteiger partial charge in [-0.3, -0.25) is 28.8 Å². The predicted octanol–water partition coefficient (Wildman–Crippen LogP) is 3.78. The lowest BCUT2D eigenvalue weighted by Gasteiger charge is -2.39. The van der Waals surface area contributed by atoms with E-state index in [9.17, 15) is 33.6 Å². The quantitative estimate of drug-likeness (QED) is 0.361. The monoisotopic (exact) mass is 818 g/mol. The number of carbonyl (C=O) groups is 7. The van der Waals surface area contributed by atoms with Crippen molar-refractivity contribution >= 4 is 41.4 Å². The first-order chi connectivity index (χ1) is 27.6. The van der Waals surface area contributed by atoms with Crippen molar-refractivity contribution in [2.24, 2.45) is 23.7 Å². The predicted molar refractivity (Wildman–Crippen MR) is 226 cm³/mol. The van der Waals surface area contributed by atoms with E-state index in [1.165, 1.54) is 54.7 Å². The maximum atomic E-state index is 14.9. The number of esters is 1. The zero-order chi connectivity index (χ0) is 44.5. The van der Waals surface area contributed by atoms with Gasteiger partial charge in [0, 0.05) is 40.2 Å². The van der Waals surface area contributed by atoms with E-state index in [0.29, 0.717) is 0 Å². The normalized spacial score (nSPS) is 24.8. The summed E-state index contributed by atoms with van der Waals surface area (Å²) in [6.07, 6.45) is -0.988. The summed E-state index contributed by atoms with van der Waals surface area (Å²) in [6, 6.07) is 10.4. The van der Waals surface area contributed by atoms with Crippen molar-refractivity contribution in [3.63, 3.8) is 0 Å². The number of nitrogens with zero attached hydrogens (tertiary/aromatic N) is 4. The number of ether oxygens (including phenoxy) is 1. The number of amides is 6. The Morgan fingerprint density at radius 2 is 1.17 bits per heavy atom. The minimum absolute atomic E-state index is 0.0377. The Morgan fingerprint density at radius 3 is 1.68 bits per heavy atom. The highest BCUT2D eigenvalue weighted by molar-refractivity contribution is 6.00. The molecule has 1 fully saturated rings. The second-order valence-corrected chi connectivity index (χ2v) is 17.2. The Labute approximate surface area is 350 Å². The molecular weight excluding hydrogens is 753 g/mol. The van der Waals surface area contributed by atoms with Gasteiger partial charge in [-0.1, -0.05) is 104 Å². The van der Waals surface area contributed by atoms with Crippen molar-refractivity contribution in [3.05, 3.63) is 71.8 Å². The molecule has 1 aliphatic heterocycles. The standard InChI is InChI=1S/C45H66N6O8/c1-26(2)24-34-42(55)50(12)37(29(7)8)45(58)59-30(9)38(51(13)41(54)32-22-18-15-19-23-32)44(57)48(10)33(25-31-20-16-14-17-21-31)39(52)46-35(27(3)4)40(53)47-36(28(5)6)43(56)49(34)11/h14-23,26-30,33-38H,24-25H2,1-13H3,(H,46,52)(H,47,53)/t30-,33+,34?,35+,36?,37?,38+/m1/s1. The summed E-state index contributed by atoms with van der Waals surface area (Å²) in [6.45, 7) is 15.9. The maximum Gasteiger partial charge on any atom is 0.329 e. The molecule has 0 aliphatic carbocycles. The molecular formula is C45H66N6O8. The first kappa shape index (κ1) is 48.1. The summed E-state index contributed by atoms with van der Waals surface area (Å²) >= 11 is 0. The molecule has 2 N–H and O–H groups in total. The van der Waals surface area contributed by atoms with Crippen LogP contribution in [0, 0.1) is 23.7 Å². The molecule has 14 nitrogen and oxygen atoms in total. The third-order valence-electron chi connectivity index (χ3n) is 11.1. The molecule has 6 amide bonds. The first-order valence-corrected chi connectivity index (χ1v) is 20.6. The van der Waals surface area contributed by atoms with Gasteiger partial charge in [-0.15, -0.1) is 0 Å². The highest BCUT2D eigenvalue weighted by Crippen LogP contribution is 2.23. The maximum absolute atomic E-state index is 14.9. The van der Waals surface area contributed by atoms with Gasteiger partial charge in [0.05, 0.1) is 0 Å². The van der Waals surface area contributed by atoms with Crippen LogP contribution in [-0.4, -0.2) is 132 Å². The SMILES string of the molecule is CC(C)CC1C(=O)N(C)C(C(C)C)C(=O)O[C@H](C)[C@H](N(C)C(=O)c2ccccc2)C(=O)N(C)[C@@H](Cc2ccccc2)C(=O)N[C@@H](C(C)C)C(=O)NC(C(C)C)C(=O)N1C. The van der Waals surface area contributed by atoms with Crippen molar-refractivity contribution < 1.29 is 38.3 Å². The molecule has 0 spiro atoms. The number of hydrogen-bond acceptors (Lipinski definition) is 8. The van der Waals surface area contributed by atoms with Crippen LogP contribution in [0.2, 0.25) is 0 Å². The third-order valence-corrected chi connectivity index (χ3v) is 11.1. The highest BCUT2D eigenvalue weighted by atomic mass is 16.5. The van der Waals surface area contributed by atoms with E-state index >= 15 is 0 Å². The zero-order valence-corrected chi connectivity index (χ0v) is 37.1. The molecule has 3 rings (SSSR count). The van der Waals surface area contributed by atoms with Crippen LogP contribution in [0.5, 0.6) is 0 Å². The summed E-state index contributed by atoms with van der Waals surface area (Å²) < 4.78 is 6.09. The molecule has 1 saturated heterocycles. The van der Waals surface area contributed by atoms with Gasteiger partial charge in [0.2, 0.25) is 29.5 Å². The molecule has 0 radical (unpaired) electrons. The minimum atomic E-state index is -1.44. The van der Waals surface area contributed by atoms with Crippen LogP contribution in [0.4, 0.5) is 0 Å². The Bertz CT molecular complexity index is 1780. The van der Waals surface area contributed by atoms with Gasteiger partial charge < -0.3 is 35.0 Å². The lowest BCUT2D eigenvalue weighted by atomic mass is 9.95. The molecule has 2 aromatic rings. The van der Waals surface area contributed by atoms with E-state index in [1.54, 1.807) is 84.0 Å². The lowest BCUT2D eigenvalue weighted by molar-refractivity contribution is -0.166. The van der Waals surface area contributed by atoms with Crippen LogP contribution in [0.15, 0.2) is 60.7 Å². The number of hydrogen-bond donors (Lipinski definition) is 2. The van der Waals surface area contributed by atoms with E-state index in [0.717, 1.165) is 5.56 Å². The van der Waals surface area contributed by atoms with Gasteiger partial charge in [0.15, 0.2) is 0 Å². The Morgan fingerprint density at radius 1 is 0.661 bits per heavy atom. The average Bonchev–Trinajstić information content (AvgIpc) is 3.18. The summed E-state index contributed by atoms with van der Waals surface area (Å²) in [5.41, 5.74) is 1.00. The number of rotatable bonds is 9. The van der Waals surface area contributed by atoms with Crippen LogP contribution in [0.1, 0.15) is 84.7 Å². The number of benzene rings is 2. The number of cyclic esters (lactones) is 1. The molecule has 3 unspecified atom stereocenters. The Hall–Kier alpha value is -5.27. The molecule has 0 bridgehead atoms. The van der Waals surface area contributed by atoms with Crippen molar-refractivity contribution in [1.82, 2.24) is 30.2 Å². The van der Waals surface area contributed by atoms with Crippen molar-refractivity contribution in [2.45, 2.75) is 118 Å². The fourth-order valence-corrected chi connectivity index (χ4v) is 7.55. The second-order valence-electron chi connectivity index (χ2n) is 17.2. The smallest absolute Gasteiger partial charge is 0.329 e. The van der Waals surface area contributed by atoms with E-state index in [4.69, 9.17) is 4.74 Å². The molecule has 2 aromatic carbocycles. The molecule has 59 heavy (non-hydrogen) atoms. The zero-order valence-electron chi connectivity index (χ0n) is 37.1. The van der Waals surface area contributed by atoms with Gasteiger partial charge in [0.1, 0.15) is 42.4 Å². The summed E-state index contributed by atoms with van der Waals surface area (Å²) in [7, 11) is 5.86. The van der Waals surface area contributed by atoms with Gasteiger partial charge in [0.25, 0.3) is 5.91 Å². The molecule has 7 atom stereocenters. The van der Waals surface area contributed by atoms with Gasteiger partial charge in [-0.2, -0.15) is 0 Å². The van der Waals surface area contributed by atoms with Gasteiger partial charge in [-0.25, -0.2) is 4.79 Å². The van der Waals surface area contributed by atoms with Gasteiger partial charge in [-0.05, 0) is 54.7 Å². The number of carbonyl (C=O) groups excluding carboxylic acids is 7. The van der Waals surface area contributed by atoms with Crippen LogP contribution in [0.25, 0.3) is 0 Å². The number of likely N-dealkylation sites (N-methyl/N-ethyl adjacent to an activating group) is 4. The molecule has 1 heterocycles. The molecule has 1 aliphatic rings. The minimum Gasteiger partial charge on any atom is -0.458 e. The van der Waals surface area contributed by atoms with E-state index < -0.39 is 102 Å². The second kappa shape index (κ2) is 21.1. The van der Waals surface area contributed by atoms with Crippen LogP contribution >= 0.6 is 0 Å². The molecule has 0 aromatic heterocycles. The summed E-state index contributed by atoms with van der Waals surface area (Å²) in [5.74, 6) is -5.72. The summed E-state index contributed by atoms with van der Waals surface area (Å²) in [5, 5.41) is 5.74. The van der Waals surface area contributed by atoms with Crippen LogP contribution < -0.4 is 10.6 Å². The average molecular weight is 819 g/mol. The number of nitrogens with one attached hydrogen (secondary N) is 2. The first-order valence-electron chi connectivity index (χ1n) is 20.6. The van der Waals surface area contributed by atoms with Crippen LogP contribution in [0.3, 0.4) is 0 Å². The Kier molecular flexibility index (Phi) is 17.2.